The molecule has 0 saturated carbocycles. The van der Waals surface area contributed by atoms with Gasteiger partial charge in [-0.15, -0.1) is 0 Å². The van der Waals surface area contributed by atoms with Gasteiger partial charge in [0.25, 0.3) is 0 Å². The molecule has 0 aromatic heterocycles. The van der Waals surface area contributed by atoms with Crippen LogP contribution in [0.5, 0.6) is 0 Å². The van der Waals surface area contributed by atoms with Crippen molar-refractivity contribution in [3.8, 4) is 0 Å². The highest BCUT2D eigenvalue weighted by Crippen LogP contribution is 2.26. The van der Waals surface area contributed by atoms with Gasteiger partial charge in [0.1, 0.15) is 5.92 Å². The van der Waals surface area contributed by atoms with Crippen molar-refractivity contribution in [1.29, 1.82) is 0 Å². The normalized spacial score (nSPS) is 11.8. The van der Waals surface area contributed by atoms with Crippen molar-refractivity contribution in [3.63, 3.8) is 0 Å². The molecule has 0 spiro atoms. The first-order chi connectivity index (χ1) is 8.73. The SMILES string of the molecule is Cc1cc(N(C)C)cc(C)c1NC(=O)C(C)C(=O)O. The summed E-state index contributed by atoms with van der Waals surface area (Å²) in [5.74, 6) is -2.69. The summed E-state index contributed by atoms with van der Waals surface area (Å²) in [5, 5.41) is 11.5. The third-order valence-electron chi connectivity index (χ3n) is 3.05. The van der Waals surface area contributed by atoms with Gasteiger partial charge in [0.05, 0.1) is 0 Å². The van der Waals surface area contributed by atoms with Crippen molar-refractivity contribution in [2.24, 2.45) is 5.92 Å². The Balaban J connectivity index is 3.03. The van der Waals surface area contributed by atoms with Crippen molar-refractivity contribution >= 4 is 23.3 Å². The van der Waals surface area contributed by atoms with E-state index in [9.17, 15) is 9.59 Å². The Bertz CT molecular complexity index is 486. The zero-order valence-corrected chi connectivity index (χ0v) is 11.9. The smallest absolute Gasteiger partial charge is 0.315 e. The highest BCUT2D eigenvalue weighted by molar-refractivity contribution is 6.04. The second-order valence-electron chi connectivity index (χ2n) is 4.90. The Labute approximate surface area is 113 Å². The minimum Gasteiger partial charge on any atom is -0.481 e. The van der Waals surface area contributed by atoms with Gasteiger partial charge in [0.15, 0.2) is 0 Å². The van der Waals surface area contributed by atoms with E-state index >= 15 is 0 Å². The lowest BCUT2D eigenvalue weighted by Crippen LogP contribution is -2.27. The van der Waals surface area contributed by atoms with Gasteiger partial charge >= 0.3 is 5.97 Å². The molecule has 0 radical (unpaired) electrons. The van der Waals surface area contributed by atoms with Crippen molar-refractivity contribution in [2.75, 3.05) is 24.3 Å². The number of aryl methyl sites for hydroxylation is 2. The molecule has 1 rings (SSSR count). The highest BCUT2D eigenvalue weighted by atomic mass is 16.4. The number of rotatable bonds is 4. The Morgan fingerprint density at radius 3 is 2.05 bits per heavy atom. The fraction of sp³-hybridized carbons (Fsp3) is 0.429. The minimum atomic E-state index is -1.13. The van der Waals surface area contributed by atoms with Crippen LogP contribution in [0.3, 0.4) is 0 Å². The predicted octanol–water partition coefficient (Wildman–Crippen LogP) is 2.03. The van der Waals surface area contributed by atoms with E-state index in [0.717, 1.165) is 16.8 Å². The summed E-state index contributed by atoms with van der Waals surface area (Å²) in [4.78, 5) is 24.5. The molecule has 1 amide bonds. The maximum absolute atomic E-state index is 11.8. The number of carbonyl (C=O) groups excluding carboxylic acids is 1. The number of aliphatic carboxylic acids is 1. The largest absolute Gasteiger partial charge is 0.481 e. The quantitative estimate of drug-likeness (QED) is 0.816. The molecule has 1 unspecified atom stereocenters. The van der Waals surface area contributed by atoms with Gasteiger partial charge in [-0.25, -0.2) is 0 Å². The lowest BCUT2D eigenvalue weighted by molar-refractivity contribution is -0.144. The van der Waals surface area contributed by atoms with Gasteiger partial charge in [-0.3, -0.25) is 9.59 Å². The van der Waals surface area contributed by atoms with Crippen LogP contribution in [0.25, 0.3) is 0 Å². The zero-order valence-electron chi connectivity index (χ0n) is 11.9. The third kappa shape index (κ3) is 3.47. The van der Waals surface area contributed by atoms with Crippen LogP contribution in [-0.4, -0.2) is 31.1 Å². The van der Waals surface area contributed by atoms with Crippen LogP contribution < -0.4 is 10.2 Å². The molecule has 0 bridgehead atoms. The van der Waals surface area contributed by atoms with Gasteiger partial charge in [-0.2, -0.15) is 0 Å². The average molecular weight is 264 g/mol. The molecule has 5 heteroatoms. The molecule has 2 N–H and O–H groups in total. The molecule has 0 saturated heterocycles. The number of carboxylic acids is 1. The molecule has 104 valence electrons. The lowest BCUT2D eigenvalue weighted by Gasteiger charge is -2.18. The molecular formula is C14H20N2O3. The van der Waals surface area contributed by atoms with Gasteiger partial charge in [-0.1, -0.05) is 0 Å². The summed E-state index contributed by atoms with van der Waals surface area (Å²) >= 11 is 0. The fourth-order valence-corrected chi connectivity index (χ4v) is 1.74. The fourth-order valence-electron chi connectivity index (χ4n) is 1.74. The highest BCUT2D eigenvalue weighted by Gasteiger charge is 2.21. The van der Waals surface area contributed by atoms with E-state index in [1.807, 2.05) is 45.0 Å². The standard InChI is InChI=1S/C14H20N2O3/c1-8-6-11(16(4)5)7-9(2)12(8)15-13(17)10(3)14(18)19/h6-7,10H,1-5H3,(H,15,17)(H,18,19). The number of anilines is 2. The van der Waals surface area contributed by atoms with E-state index in [2.05, 4.69) is 5.32 Å². The second kappa shape index (κ2) is 5.73. The maximum Gasteiger partial charge on any atom is 0.315 e. The zero-order chi connectivity index (χ0) is 14.7. The number of carboxylic acid groups (broad SMARTS) is 1. The van der Waals surface area contributed by atoms with Crippen molar-refractivity contribution in [3.05, 3.63) is 23.3 Å². The summed E-state index contributed by atoms with van der Waals surface area (Å²) in [6.45, 7) is 5.15. The molecule has 0 aliphatic heterocycles. The van der Waals surface area contributed by atoms with E-state index in [-0.39, 0.29) is 0 Å². The van der Waals surface area contributed by atoms with Gasteiger partial charge in [0.2, 0.25) is 5.91 Å². The van der Waals surface area contributed by atoms with Gasteiger partial charge < -0.3 is 15.3 Å². The summed E-state index contributed by atoms with van der Waals surface area (Å²) in [5.41, 5.74) is 3.55. The molecule has 0 heterocycles. The van der Waals surface area contributed by atoms with Crippen LogP contribution in [0.4, 0.5) is 11.4 Å². The maximum atomic E-state index is 11.8. The van der Waals surface area contributed by atoms with E-state index in [4.69, 9.17) is 5.11 Å². The Morgan fingerprint density at radius 2 is 1.68 bits per heavy atom. The first-order valence-corrected chi connectivity index (χ1v) is 6.06. The van der Waals surface area contributed by atoms with E-state index in [1.165, 1.54) is 6.92 Å². The number of carbonyl (C=O) groups is 2. The first-order valence-electron chi connectivity index (χ1n) is 6.06. The van der Waals surface area contributed by atoms with Crippen molar-refractivity contribution in [1.82, 2.24) is 0 Å². The molecule has 1 aromatic carbocycles. The number of nitrogens with zero attached hydrogens (tertiary/aromatic N) is 1. The molecule has 19 heavy (non-hydrogen) atoms. The third-order valence-corrected chi connectivity index (χ3v) is 3.05. The average Bonchev–Trinajstić information content (AvgIpc) is 2.31. The van der Waals surface area contributed by atoms with Crippen molar-refractivity contribution in [2.45, 2.75) is 20.8 Å². The van der Waals surface area contributed by atoms with Crippen LogP contribution in [0, 0.1) is 19.8 Å². The topological polar surface area (TPSA) is 69.6 Å². The summed E-state index contributed by atoms with van der Waals surface area (Å²) in [7, 11) is 3.89. The van der Waals surface area contributed by atoms with E-state index in [1.54, 1.807) is 0 Å². The molecule has 0 aliphatic carbocycles. The number of hydrogen-bond acceptors (Lipinski definition) is 3. The predicted molar refractivity (Wildman–Crippen MR) is 75.7 cm³/mol. The van der Waals surface area contributed by atoms with Crippen LogP contribution in [0.2, 0.25) is 0 Å². The van der Waals surface area contributed by atoms with Crippen LogP contribution in [-0.2, 0) is 9.59 Å². The van der Waals surface area contributed by atoms with Gasteiger partial charge in [-0.05, 0) is 44.0 Å². The summed E-state index contributed by atoms with van der Waals surface area (Å²) in [6.07, 6.45) is 0. The Kier molecular flexibility index (Phi) is 4.53. The molecule has 0 fully saturated rings. The number of nitrogens with one attached hydrogen (secondary N) is 1. The summed E-state index contributed by atoms with van der Waals surface area (Å²) < 4.78 is 0. The molecule has 0 aliphatic rings. The van der Waals surface area contributed by atoms with Gasteiger partial charge in [0, 0.05) is 25.5 Å². The molecule has 1 atom stereocenters. The number of amides is 1. The minimum absolute atomic E-state index is 0.503. The van der Waals surface area contributed by atoms with Crippen LogP contribution in [0.1, 0.15) is 18.1 Å². The number of hydrogen-bond donors (Lipinski definition) is 2. The Morgan fingerprint density at radius 1 is 1.21 bits per heavy atom. The monoisotopic (exact) mass is 264 g/mol. The lowest BCUT2D eigenvalue weighted by atomic mass is 10.1. The van der Waals surface area contributed by atoms with Crippen LogP contribution in [0.15, 0.2) is 12.1 Å². The summed E-state index contributed by atoms with van der Waals surface area (Å²) in [6, 6.07) is 3.90. The molecular weight excluding hydrogens is 244 g/mol. The van der Waals surface area contributed by atoms with E-state index < -0.39 is 17.8 Å². The molecule has 1 aromatic rings. The van der Waals surface area contributed by atoms with E-state index in [0.29, 0.717) is 5.69 Å². The van der Waals surface area contributed by atoms with Crippen LogP contribution >= 0.6 is 0 Å². The Hall–Kier alpha value is -2.04. The first kappa shape index (κ1) is 15.0. The second-order valence-corrected chi connectivity index (χ2v) is 4.90. The number of benzene rings is 1. The molecule has 5 nitrogen and oxygen atoms in total. The van der Waals surface area contributed by atoms with Crippen molar-refractivity contribution < 1.29 is 14.7 Å².